The molecule has 2 heteroatoms. The standard InChI is InChI=1S/C16H19NO/c18-16(14-6-4-7-14)15-8-3-5-13(11-15)12-17-9-1-2-10-17/h1-3,5,8,11,14H,4,6-7,9-10,12H2. The molecule has 1 fully saturated rings. The van der Waals surface area contributed by atoms with Gasteiger partial charge in [0.15, 0.2) is 5.78 Å². The lowest BCUT2D eigenvalue weighted by molar-refractivity contribution is 0.0855. The van der Waals surface area contributed by atoms with Gasteiger partial charge in [0.2, 0.25) is 0 Å². The summed E-state index contributed by atoms with van der Waals surface area (Å²) in [5.74, 6) is 0.649. The first-order chi connectivity index (χ1) is 8.83. The SMILES string of the molecule is O=C(c1cccc(CN2CC=CC2)c1)C1CCC1. The highest BCUT2D eigenvalue weighted by molar-refractivity contribution is 5.98. The molecule has 2 aliphatic rings. The number of rotatable bonds is 4. The number of hydrogen-bond donors (Lipinski definition) is 0. The Labute approximate surface area is 108 Å². The van der Waals surface area contributed by atoms with Gasteiger partial charge in [-0.3, -0.25) is 9.69 Å². The molecular weight excluding hydrogens is 222 g/mol. The number of carbonyl (C=O) groups is 1. The molecule has 1 saturated carbocycles. The summed E-state index contributed by atoms with van der Waals surface area (Å²) >= 11 is 0. The van der Waals surface area contributed by atoms with Crippen LogP contribution in [-0.2, 0) is 6.54 Å². The monoisotopic (exact) mass is 241 g/mol. The number of ketones is 1. The summed E-state index contributed by atoms with van der Waals surface area (Å²) in [7, 11) is 0. The highest BCUT2D eigenvalue weighted by Gasteiger charge is 2.26. The summed E-state index contributed by atoms with van der Waals surface area (Å²) in [5, 5.41) is 0. The van der Waals surface area contributed by atoms with E-state index in [-0.39, 0.29) is 0 Å². The van der Waals surface area contributed by atoms with E-state index in [4.69, 9.17) is 0 Å². The van der Waals surface area contributed by atoms with Crippen molar-refractivity contribution in [2.45, 2.75) is 25.8 Å². The number of Topliss-reactive ketones (excluding diaryl/α,β-unsaturated/α-hetero) is 1. The van der Waals surface area contributed by atoms with Gasteiger partial charge in [-0.15, -0.1) is 0 Å². The molecule has 1 aromatic carbocycles. The Morgan fingerprint density at radius 3 is 2.67 bits per heavy atom. The zero-order valence-electron chi connectivity index (χ0n) is 10.6. The molecule has 0 amide bonds. The van der Waals surface area contributed by atoms with E-state index in [1.54, 1.807) is 0 Å². The van der Waals surface area contributed by atoms with E-state index in [0.29, 0.717) is 11.7 Å². The summed E-state index contributed by atoms with van der Waals surface area (Å²) in [4.78, 5) is 14.6. The zero-order chi connectivity index (χ0) is 12.4. The molecule has 0 atom stereocenters. The molecule has 0 unspecified atom stereocenters. The van der Waals surface area contributed by atoms with Gasteiger partial charge in [-0.05, 0) is 24.5 Å². The molecule has 94 valence electrons. The average Bonchev–Trinajstić information content (AvgIpc) is 2.80. The van der Waals surface area contributed by atoms with Crippen molar-refractivity contribution in [1.82, 2.24) is 4.90 Å². The van der Waals surface area contributed by atoms with Crippen LogP contribution in [0.25, 0.3) is 0 Å². The third-order valence-electron chi connectivity index (χ3n) is 3.99. The second-order valence-corrected chi connectivity index (χ2v) is 5.36. The van der Waals surface area contributed by atoms with Crippen LogP contribution in [0.2, 0.25) is 0 Å². The molecule has 1 aromatic rings. The van der Waals surface area contributed by atoms with Gasteiger partial charge in [0, 0.05) is 31.1 Å². The number of hydrogen-bond acceptors (Lipinski definition) is 2. The fraction of sp³-hybridized carbons (Fsp3) is 0.438. The summed E-state index contributed by atoms with van der Waals surface area (Å²) in [6.07, 6.45) is 7.78. The molecule has 1 heterocycles. The fourth-order valence-corrected chi connectivity index (χ4v) is 2.64. The van der Waals surface area contributed by atoms with Gasteiger partial charge in [-0.25, -0.2) is 0 Å². The molecule has 0 saturated heterocycles. The first-order valence-corrected chi connectivity index (χ1v) is 6.83. The second kappa shape index (κ2) is 5.07. The number of benzene rings is 1. The average molecular weight is 241 g/mol. The Morgan fingerprint density at radius 2 is 2.00 bits per heavy atom. The predicted molar refractivity (Wildman–Crippen MR) is 72.5 cm³/mol. The van der Waals surface area contributed by atoms with Gasteiger partial charge in [-0.1, -0.05) is 36.8 Å². The molecule has 0 radical (unpaired) electrons. The maximum Gasteiger partial charge on any atom is 0.165 e. The van der Waals surface area contributed by atoms with E-state index in [2.05, 4.69) is 29.2 Å². The van der Waals surface area contributed by atoms with Crippen LogP contribution < -0.4 is 0 Å². The lowest BCUT2D eigenvalue weighted by atomic mass is 9.80. The first kappa shape index (κ1) is 11.7. The van der Waals surface area contributed by atoms with Crippen molar-refractivity contribution in [2.24, 2.45) is 5.92 Å². The van der Waals surface area contributed by atoms with Crippen molar-refractivity contribution >= 4 is 5.78 Å². The lowest BCUT2D eigenvalue weighted by Gasteiger charge is -2.24. The molecule has 3 rings (SSSR count). The number of nitrogens with zero attached hydrogens (tertiary/aromatic N) is 1. The summed E-state index contributed by atoms with van der Waals surface area (Å²) in [5.41, 5.74) is 2.16. The minimum absolute atomic E-state index is 0.300. The minimum atomic E-state index is 0.300. The third kappa shape index (κ3) is 2.39. The van der Waals surface area contributed by atoms with E-state index < -0.39 is 0 Å². The van der Waals surface area contributed by atoms with Crippen molar-refractivity contribution in [1.29, 1.82) is 0 Å². The van der Waals surface area contributed by atoms with Crippen LogP contribution in [0.4, 0.5) is 0 Å². The Hall–Kier alpha value is -1.41. The molecule has 0 N–H and O–H groups in total. The third-order valence-corrected chi connectivity index (χ3v) is 3.99. The minimum Gasteiger partial charge on any atom is -0.294 e. The Morgan fingerprint density at radius 1 is 1.22 bits per heavy atom. The summed E-state index contributed by atoms with van der Waals surface area (Å²) in [6, 6.07) is 8.19. The van der Waals surface area contributed by atoms with Crippen LogP contribution in [0.1, 0.15) is 35.2 Å². The van der Waals surface area contributed by atoms with E-state index in [1.807, 2.05) is 12.1 Å². The van der Waals surface area contributed by atoms with Crippen LogP contribution in [0.3, 0.4) is 0 Å². The summed E-state index contributed by atoms with van der Waals surface area (Å²) < 4.78 is 0. The van der Waals surface area contributed by atoms with Crippen molar-refractivity contribution in [3.8, 4) is 0 Å². The maximum atomic E-state index is 12.2. The highest BCUT2D eigenvalue weighted by atomic mass is 16.1. The van der Waals surface area contributed by atoms with Crippen LogP contribution in [-0.4, -0.2) is 23.8 Å². The van der Waals surface area contributed by atoms with Crippen molar-refractivity contribution < 1.29 is 4.79 Å². The smallest absolute Gasteiger partial charge is 0.165 e. The van der Waals surface area contributed by atoms with Crippen LogP contribution >= 0.6 is 0 Å². The molecular formula is C16H19NO. The van der Waals surface area contributed by atoms with Crippen molar-refractivity contribution in [2.75, 3.05) is 13.1 Å². The van der Waals surface area contributed by atoms with Gasteiger partial charge in [0.05, 0.1) is 0 Å². The zero-order valence-corrected chi connectivity index (χ0v) is 10.6. The maximum absolute atomic E-state index is 12.2. The van der Waals surface area contributed by atoms with E-state index in [1.165, 1.54) is 12.0 Å². The lowest BCUT2D eigenvalue weighted by Crippen LogP contribution is -2.22. The van der Waals surface area contributed by atoms with Gasteiger partial charge in [0.1, 0.15) is 0 Å². The van der Waals surface area contributed by atoms with Crippen LogP contribution in [0, 0.1) is 5.92 Å². The second-order valence-electron chi connectivity index (χ2n) is 5.36. The van der Waals surface area contributed by atoms with Crippen molar-refractivity contribution in [3.63, 3.8) is 0 Å². The number of carbonyl (C=O) groups excluding carboxylic acids is 1. The molecule has 0 spiro atoms. The van der Waals surface area contributed by atoms with Gasteiger partial charge in [0.25, 0.3) is 0 Å². The van der Waals surface area contributed by atoms with Gasteiger partial charge < -0.3 is 0 Å². The normalized spacial score (nSPS) is 20.0. The van der Waals surface area contributed by atoms with E-state index in [0.717, 1.165) is 38.0 Å². The largest absolute Gasteiger partial charge is 0.294 e. The Balaban J connectivity index is 1.69. The molecule has 1 aliphatic heterocycles. The summed E-state index contributed by atoms with van der Waals surface area (Å²) in [6.45, 7) is 3.00. The Bertz CT molecular complexity index is 466. The fourth-order valence-electron chi connectivity index (χ4n) is 2.64. The van der Waals surface area contributed by atoms with Crippen molar-refractivity contribution in [3.05, 3.63) is 47.5 Å². The van der Waals surface area contributed by atoms with E-state index >= 15 is 0 Å². The first-order valence-electron chi connectivity index (χ1n) is 6.83. The molecule has 18 heavy (non-hydrogen) atoms. The van der Waals surface area contributed by atoms with Crippen LogP contribution in [0.5, 0.6) is 0 Å². The topological polar surface area (TPSA) is 20.3 Å². The quantitative estimate of drug-likeness (QED) is 0.596. The van der Waals surface area contributed by atoms with Gasteiger partial charge in [-0.2, -0.15) is 0 Å². The molecule has 2 nitrogen and oxygen atoms in total. The molecule has 1 aliphatic carbocycles. The predicted octanol–water partition coefficient (Wildman–Crippen LogP) is 3.04. The Kier molecular flexibility index (Phi) is 3.28. The van der Waals surface area contributed by atoms with E-state index in [9.17, 15) is 4.79 Å². The molecule has 0 bridgehead atoms. The van der Waals surface area contributed by atoms with Gasteiger partial charge >= 0.3 is 0 Å². The van der Waals surface area contributed by atoms with Crippen LogP contribution in [0.15, 0.2) is 36.4 Å². The highest BCUT2D eigenvalue weighted by Crippen LogP contribution is 2.30. The molecule has 0 aromatic heterocycles.